The van der Waals surface area contributed by atoms with Crippen LogP contribution in [0, 0.1) is 11.8 Å². The van der Waals surface area contributed by atoms with Crippen LogP contribution in [0.5, 0.6) is 0 Å². The third-order valence-electron chi connectivity index (χ3n) is 4.93. The first kappa shape index (κ1) is 12.4. The molecule has 3 N–H and O–H groups in total. The molecule has 0 radical (unpaired) electrons. The molecule has 16 heavy (non-hydrogen) atoms. The molecule has 0 amide bonds. The van der Waals surface area contributed by atoms with Gasteiger partial charge in [-0.25, -0.2) is 0 Å². The average Bonchev–Trinajstić information content (AvgIpc) is 2.28. The van der Waals surface area contributed by atoms with Crippen LogP contribution in [0.15, 0.2) is 0 Å². The molecule has 2 heteroatoms. The predicted molar refractivity (Wildman–Crippen MR) is 69.3 cm³/mol. The lowest BCUT2D eigenvalue weighted by Crippen LogP contribution is -2.47. The van der Waals surface area contributed by atoms with Crippen molar-refractivity contribution in [1.82, 2.24) is 5.32 Å². The fraction of sp³-hybridized carbons (Fsp3) is 1.00. The van der Waals surface area contributed by atoms with Crippen LogP contribution in [-0.2, 0) is 0 Å². The van der Waals surface area contributed by atoms with Crippen LogP contribution in [0.1, 0.15) is 58.8 Å². The van der Waals surface area contributed by atoms with Crippen molar-refractivity contribution in [3.8, 4) is 0 Å². The Labute approximate surface area is 100 Å². The van der Waals surface area contributed by atoms with Gasteiger partial charge in [-0.2, -0.15) is 0 Å². The second kappa shape index (κ2) is 5.50. The second-order valence-electron chi connectivity index (χ2n) is 6.15. The van der Waals surface area contributed by atoms with Crippen molar-refractivity contribution in [2.24, 2.45) is 17.6 Å². The summed E-state index contributed by atoms with van der Waals surface area (Å²) in [5, 5.41) is 3.90. The maximum Gasteiger partial charge on any atom is 0.00978 e. The van der Waals surface area contributed by atoms with E-state index in [-0.39, 0.29) is 0 Å². The zero-order valence-electron chi connectivity index (χ0n) is 10.9. The lowest BCUT2D eigenvalue weighted by molar-refractivity contribution is 0.179. The molecule has 0 bridgehead atoms. The maximum atomic E-state index is 5.95. The van der Waals surface area contributed by atoms with Crippen LogP contribution in [0.25, 0.3) is 0 Å². The zero-order chi connectivity index (χ0) is 11.5. The van der Waals surface area contributed by atoms with Crippen LogP contribution in [0.2, 0.25) is 0 Å². The van der Waals surface area contributed by atoms with Crippen LogP contribution in [-0.4, -0.2) is 18.1 Å². The molecule has 0 saturated heterocycles. The van der Waals surface area contributed by atoms with Gasteiger partial charge in [0, 0.05) is 18.1 Å². The molecule has 2 aliphatic carbocycles. The molecule has 0 aliphatic heterocycles. The summed E-state index contributed by atoms with van der Waals surface area (Å²) in [4.78, 5) is 0. The summed E-state index contributed by atoms with van der Waals surface area (Å²) in [6.45, 7) is 4.84. The van der Waals surface area contributed by atoms with Crippen LogP contribution in [0.4, 0.5) is 0 Å². The van der Waals surface area contributed by atoms with E-state index in [4.69, 9.17) is 5.73 Å². The minimum Gasteiger partial charge on any atom is -0.328 e. The summed E-state index contributed by atoms with van der Waals surface area (Å²) in [6, 6.07) is 1.99. The van der Waals surface area contributed by atoms with E-state index in [0.29, 0.717) is 6.04 Å². The third kappa shape index (κ3) is 2.98. The largest absolute Gasteiger partial charge is 0.328 e. The van der Waals surface area contributed by atoms with E-state index in [1.165, 1.54) is 44.9 Å². The van der Waals surface area contributed by atoms with Gasteiger partial charge in [0.2, 0.25) is 0 Å². The second-order valence-corrected chi connectivity index (χ2v) is 6.15. The van der Waals surface area contributed by atoms with Gasteiger partial charge in [0.05, 0.1) is 0 Å². The standard InChI is InChI=1S/C14H28N2/c1-10-4-3-5-14(11(10)2)16-13-8-6-12(15)7-9-13/h10-14,16H,3-9,15H2,1-2H3. The first-order chi connectivity index (χ1) is 7.66. The lowest BCUT2D eigenvalue weighted by Gasteiger charge is -2.38. The molecule has 94 valence electrons. The van der Waals surface area contributed by atoms with E-state index in [0.717, 1.165) is 23.9 Å². The molecule has 0 aromatic heterocycles. The van der Waals surface area contributed by atoms with Crippen LogP contribution in [0.3, 0.4) is 0 Å². The normalized spacial score (nSPS) is 45.6. The lowest BCUT2D eigenvalue weighted by atomic mass is 9.77. The van der Waals surface area contributed by atoms with Gasteiger partial charge < -0.3 is 11.1 Å². The summed E-state index contributed by atoms with van der Waals surface area (Å²) in [7, 11) is 0. The van der Waals surface area contributed by atoms with Crippen molar-refractivity contribution >= 4 is 0 Å². The van der Waals surface area contributed by atoms with Gasteiger partial charge in [-0.1, -0.05) is 26.7 Å². The highest BCUT2D eigenvalue weighted by Gasteiger charge is 2.29. The minimum absolute atomic E-state index is 0.473. The number of rotatable bonds is 2. The number of nitrogens with one attached hydrogen (secondary N) is 1. The number of hydrogen-bond acceptors (Lipinski definition) is 2. The maximum absolute atomic E-state index is 5.95. The minimum atomic E-state index is 0.473. The highest BCUT2D eigenvalue weighted by molar-refractivity contribution is 4.87. The van der Waals surface area contributed by atoms with Gasteiger partial charge in [-0.05, 0) is 43.9 Å². The molecule has 0 aromatic rings. The summed E-state index contributed by atoms with van der Waals surface area (Å²) in [5.41, 5.74) is 5.95. The van der Waals surface area contributed by atoms with Gasteiger partial charge in [-0.3, -0.25) is 0 Å². The Balaban J connectivity index is 1.80. The molecule has 2 rings (SSSR count). The molecule has 0 spiro atoms. The molecule has 3 unspecified atom stereocenters. The Hall–Kier alpha value is -0.0800. The SMILES string of the molecule is CC1CCCC(NC2CCC(N)CC2)C1C. The van der Waals surface area contributed by atoms with Crippen molar-refractivity contribution < 1.29 is 0 Å². The molecule has 2 nitrogen and oxygen atoms in total. The Kier molecular flexibility index (Phi) is 4.26. The Morgan fingerprint density at radius 1 is 0.938 bits per heavy atom. The zero-order valence-corrected chi connectivity index (χ0v) is 10.9. The summed E-state index contributed by atoms with van der Waals surface area (Å²) in [6.07, 6.45) is 9.23. The van der Waals surface area contributed by atoms with E-state index < -0.39 is 0 Å². The van der Waals surface area contributed by atoms with Gasteiger partial charge >= 0.3 is 0 Å². The average molecular weight is 224 g/mol. The molecule has 2 saturated carbocycles. The Morgan fingerprint density at radius 2 is 1.62 bits per heavy atom. The fourth-order valence-electron chi connectivity index (χ4n) is 3.41. The third-order valence-corrected chi connectivity index (χ3v) is 4.93. The molecule has 0 aromatic carbocycles. The first-order valence-corrected chi connectivity index (χ1v) is 7.18. The van der Waals surface area contributed by atoms with Crippen molar-refractivity contribution in [2.75, 3.05) is 0 Å². The highest BCUT2D eigenvalue weighted by atomic mass is 15.0. The number of hydrogen-bond donors (Lipinski definition) is 2. The predicted octanol–water partition coefficient (Wildman–Crippen LogP) is 2.67. The highest BCUT2D eigenvalue weighted by Crippen LogP contribution is 2.30. The van der Waals surface area contributed by atoms with E-state index in [9.17, 15) is 0 Å². The van der Waals surface area contributed by atoms with Gasteiger partial charge in [0.1, 0.15) is 0 Å². The van der Waals surface area contributed by atoms with Gasteiger partial charge in [0.15, 0.2) is 0 Å². The van der Waals surface area contributed by atoms with Crippen molar-refractivity contribution in [3.63, 3.8) is 0 Å². The van der Waals surface area contributed by atoms with E-state index in [1.54, 1.807) is 0 Å². The number of nitrogens with two attached hydrogens (primary N) is 1. The topological polar surface area (TPSA) is 38.0 Å². The Morgan fingerprint density at radius 3 is 2.31 bits per heavy atom. The summed E-state index contributed by atoms with van der Waals surface area (Å²) < 4.78 is 0. The van der Waals surface area contributed by atoms with Crippen molar-refractivity contribution in [2.45, 2.75) is 76.9 Å². The quantitative estimate of drug-likeness (QED) is 0.757. The molecule has 2 aliphatic rings. The van der Waals surface area contributed by atoms with Gasteiger partial charge in [0.25, 0.3) is 0 Å². The van der Waals surface area contributed by atoms with E-state index in [2.05, 4.69) is 19.2 Å². The summed E-state index contributed by atoms with van der Waals surface area (Å²) >= 11 is 0. The molecule has 2 fully saturated rings. The van der Waals surface area contributed by atoms with Crippen LogP contribution >= 0.6 is 0 Å². The van der Waals surface area contributed by atoms with Gasteiger partial charge in [-0.15, -0.1) is 0 Å². The molecular formula is C14H28N2. The smallest absolute Gasteiger partial charge is 0.00978 e. The first-order valence-electron chi connectivity index (χ1n) is 7.18. The van der Waals surface area contributed by atoms with Crippen molar-refractivity contribution in [3.05, 3.63) is 0 Å². The fourth-order valence-corrected chi connectivity index (χ4v) is 3.41. The van der Waals surface area contributed by atoms with Crippen LogP contribution < -0.4 is 11.1 Å². The molecule has 0 heterocycles. The monoisotopic (exact) mass is 224 g/mol. The molecular weight excluding hydrogens is 196 g/mol. The Bertz CT molecular complexity index is 209. The van der Waals surface area contributed by atoms with Crippen molar-refractivity contribution in [1.29, 1.82) is 0 Å². The van der Waals surface area contributed by atoms with E-state index in [1.807, 2.05) is 0 Å². The van der Waals surface area contributed by atoms with E-state index >= 15 is 0 Å². The molecule has 3 atom stereocenters. The summed E-state index contributed by atoms with van der Waals surface area (Å²) in [5.74, 6) is 1.75.